The molecule has 1 amide bonds. The van der Waals surface area contributed by atoms with Gasteiger partial charge in [-0.1, -0.05) is 24.3 Å². The summed E-state index contributed by atoms with van der Waals surface area (Å²) in [5.74, 6) is -1.12. The van der Waals surface area contributed by atoms with Crippen molar-refractivity contribution in [1.82, 2.24) is 9.88 Å². The van der Waals surface area contributed by atoms with Gasteiger partial charge in [0, 0.05) is 29.1 Å². The molecule has 2 heterocycles. The van der Waals surface area contributed by atoms with Gasteiger partial charge in [0.1, 0.15) is 11.8 Å². The number of nitrogens with one attached hydrogen (secondary N) is 1. The number of fused-ring (bicyclic) bond motifs is 3. The molecule has 1 atom stereocenters. The fourth-order valence-electron chi connectivity index (χ4n) is 4.13. The number of rotatable bonds is 6. The summed E-state index contributed by atoms with van der Waals surface area (Å²) in [4.78, 5) is 44.3. The van der Waals surface area contributed by atoms with E-state index in [0.717, 1.165) is 16.5 Å². The second kappa shape index (κ2) is 9.82. The van der Waals surface area contributed by atoms with E-state index in [1.165, 1.54) is 18.2 Å². The smallest absolute Gasteiger partial charge is 0.341 e. The van der Waals surface area contributed by atoms with Crippen molar-refractivity contribution >= 4 is 34.3 Å². The van der Waals surface area contributed by atoms with Crippen molar-refractivity contribution in [2.24, 2.45) is 0 Å². The van der Waals surface area contributed by atoms with Gasteiger partial charge in [-0.15, -0.1) is 0 Å². The molecule has 1 N–H and O–H groups in total. The maximum atomic E-state index is 13.7. The van der Waals surface area contributed by atoms with Crippen LogP contribution in [-0.4, -0.2) is 54.1 Å². The summed E-state index contributed by atoms with van der Waals surface area (Å²) in [7, 11) is 1.51. The zero-order valence-corrected chi connectivity index (χ0v) is 19.3. The van der Waals surface area contributed by atoms with Crippen molar-refractivity contribution in [3.8, 4) is 5.75 Å². The van der Waals surface area contributed by atoms with Gasteiger partial charge in [-0.25, -0.2) is 9.59 Å². The zero-order chi connectivity index (χ0) is 24.2. The Morgan fingerprint density at radius 3 is 2.53 bits per heavy atom. The van der Waals surface area contributed by atoms with E-state index in [1.54, 1.807) is 38.1 Å². The van der Waals surface area contributed by atoms with Gasteiger partial charge in [0.05, 0.1) is 31.6 Å². The van der Waals surface area contributed by atoms with E-state index in [9.17, 15) is 14.4 Å². The van der Waals surface area contributed by atoms with Crippen molar-refractivity contribution < 1.29 is 28.6 Å². The highest BCUT2D eigenvalue weighted by Crippen LogP contribution is 2.34. The summed E-state index contributed by atoms with van der Waals surface area (Å²) < 4.78 is 15.9. The lowest BCUT2D eigenvalue weighted by Crippen LogP contribution is -2.43. The maximum absolute atomic E-state index is 13.7. The van der Waals surface area contributed by atoms with Gasteiger partial charge in [-0.05, 0) is 43.7 Å². The van der Waals surface area contributed by atoms with E-state index in [4.69, 9.17) is 14.2 Å². The number of carbonyl (C=O) groups excluding carboxylic acids is 3. The summed E-state index contributed by atoms with van der Waals surface area (Å²) in [6.45, 7) is 3.74. The van der Waals surface area contributed by atoms with Gasteiger partial charge in [0.15, 0.2) is 0 Å². The third kappa shape index (κ3) is 4.26. The standard InChI is InChI=1S/C26H26N2O6/c1-4-33-25(30)20-15-28(24(29)16-9-8-10-17(13-16)32-3)22(26(31)34-5-2)14-19-18-11-6-7-12-21(18)27-23(19)20/h6-13,15,22,27H,4-5,14H2,1-3H3. The first-order valence-electron chi connectivity index (χ1n) is 11.1. The summed E-state index contributed by atoms with van der Waals surface area (Å²) in [6, 6.07) is 13.2. The molecule has 8 nitrogen and oxygen atoms in total. The lowest BCUT2D eigenvalue weighted by molar-refractivity contribution is -0.147. The molecule has 1 aromatic heterocycles. The minimum atomic E-state index is -0.983. The quantitative estimate of drug-likeness (QED) is 0.561. The second-order valence-corrected chi connectivity index (χ2v) is 7.70. The molecular formula is C26H26N2O6. The van der Waals surface area contributed by atoms with Crippen LogP contribution in [0.3, 0.4) is 0 Å². The fourth-order valence-corrected chi connectivity index (χ4v) is 4.13. The number of aromatic nitrogens is 1. The van der Waals surface area contributed by atoms with Gasteiger partial charge in [-0.2, -0.15) is 0 Å². The zero-order valence-electron chi connectivity index (χ0n) is 19.3. The average molecular weight is 463 g/mol. The number of hydrogen-bond acceptors (Lipinski definition) is 6. The topological polar surface area (TPSA) is 97.9 Å². The van der Waals surface area contributed by atoms with E-state index in [0.29, 0.717) is 17.0 Å². The molecule has 4 rings (SSSR count). The molecule has 0 bridgehead atoms. The number of ether oxygens (including phenoxy) is 3. The molecule has 8 heteroatoms. The third-order valence-electron chi connectivity index (χ3n) is 5.69. The molecule has 0 fully saturated rings. The van der Waals surface area contributed by atoms with Gasteiger partial charge in [-0.3, -0.25) is 9.69 Å². The molecule has 1 aliphatic rings. The summed E-state index contributed by atoms with van der Waals surface area (Å²) in [5, 5.41) is 0.859. The number of nitrogens with zero attached hydrogens (tertiary/aromatic N) is 1. The molecule has 1 aliphatic heterocycles. The van der Waals surface area contributed by atoms with Crippen molar-refractivity contribution in [3.63, 3.8) is 0 Å². The van der Waals surface area contributed by atoms with Crippen LogP contribution in [0.1, 0.15) is 35.5 Å². The Kier molecular flexibility index (Phi) is 6.67. The van der Waals surface area contributed by atoms with Crippen LogP contribution < -0.4 is 4.74 Å². The highest BCUT2D eigenvalue weighted by molar-refractivity contribution is 6.18. The number of para-hydroxylation sites is 1. The first-order valence-corrected chi connectivity index (χ1v) is 11.1. The fraction of sp³-hybridized carbons (Fsp3) is 0.269. The molecule has 0 aliphatic carbocycles. The number of carbonyl (C=O) groups is 3. The number of amides is 1. The van der Waals surface area contributed by atoms with E-state index >= 15 is 0 Å². The highest BCUT2D eigenvalue weighted by atomic mass is 16.5. The number of aromatic amines is 1. The average Bonchev–Trinajstić information content (AvgIpc) is 3.12. The minimum absolute atomic E-state index is 0.158. The van der Waals surface area contributed by atoms with Crippen LogP contribution in [0.15, 0.2) is 54.7 Å². The largest absolute Gasteiger partial charge is 0.497 e. The Hall–Kier alpha value is -4.07. The third-order valence-corrected chi connectivity index (χ3v) is 5.69. The molecule has 2 aromatic carbocycles. The van der Waals surface area contributed by atoms with Crippen LogP contribution in [0.25, 0.3) is 16.5 Å². The SMILES string of the molecule is CCOC(=O)C1=CN(C(=O)c2cccc(OC)c2)C(C(=O)OCC)Cc2c1[nH]c1ccccc21. The van der Waals surface area contributed by atoms with Crippen molar-refractivity contribution in [1.29, 1.82) is 0 Å². The van der Waals surface area contributed by atoms with Crippen LogP contribution in [0.5, 0.6) is 5.75 Å². The molecule has 1 unspecified atom stereocenters. The number of esters is 2. The summed E-state index contributed by atoms with van der Waals surface area (Å²) >= 11 is 0. The first-order chi connectivity index (χ1) is 16.5. The van der Waals surface area contributed by atoms with E-state index in [-0.39, 0.29) is 25.2 Å². The Bertz CT molecular complexity index is 1280. The molecule has 34 heavy (non-hydrogen) atoms. The molecular weight excluding hydrogens is 436 g/mol. The molecule has 3 aromatic rings. The molecule has 0 radical (unpaired) electrons. The van der Waals surface area contributed by atoms with E-state index in [1.807, 2.05) is 24.3 Å². The number of H-pyrrole nitrogens is 1. The Balaban J connectivity index is 1.91. The predicted octanol–water partition coefficient (Wildman–Crippen LogP) is 3.71. The Morgan fingerprint density at radius 2 is 1.79 bits per heavy atom. The van der Waals surface area contributed by atoms with E-state index < -0.39 is 23.9 Å². The normalized spacial score (nSPS) is 15.2. The lowest BCUT2D eigenvalue weighted by atomic mass is 10.0. The molecule has 0 spiro atoms. The summed E-state index contributed by atoms with van der Waals surface area (Å²) in [6.07, 6.45) is 1.55. The number of hydrogen-bond donors (Lipinski definition) is 1. The van der Waals surface area contributed by atoms with Crippen molar-refractivity contribution in [3.05, 3.63) is 71.6 Å². The Labute approximate surface area is 197 Å². The van der Waals surface area contributed by atoms with Crippen LogP contribution in [-0.2, 0) is 25.5 Å². The first kappa shape index (κ1) is 23.1. The number of benzene rings is 2. The highest BCUT2D eigenvalue weighted by Gasteiger charge is 2.37. The molecule has 0 saturated carbocycles. The molecule has 0 saturated heterocycles. The van der Waals surface area contributed by atoms with E-state index in [2.05, 4.69) is 4.98 Å². The van der Waals surface area contributed by atoms with Gasteiger partial charge in [0.2, 0.25) is 0 Å². The van der Waals surface area contributed by atoms with Crippen LogP contribution in [0, 0.1) is 0 Å². The second-order valence-electron chi connectivity index (χ2n) is 7.70. The predicted molar refractivity (Wildman–Crippen MR) is 126 cm³/mol. The number of methoxy groups -OCH3 is 1. The van der Waals surface area contributed by atoms with Crippen molar-refractivity contribution in [2.75, 3.05) is 20.3 Å². The van der Waals surface area contributed by atoms with Crippen LogP contribution in [0.4, 0.5) is 0 Å². The lowest BCUT2D eigenvalue weighted by Gasteiger charge is -2.26. The minimum Gasteiger partial charge on any atom is -0.497 e. The maximum Gasteiger partial charge on any atom is 0.341 e. The van der Waals surface area contributed by atoms with Gasteiger partial charge in [0.25, 0.3) is 5.91 Å². The van der Waals surface area contributed by atoms with Gasteiger partial charge < -0.3 is 19.2 Å². The van der Waals surface area contributed by atoms with Crippen molar-refractivity contribution in [2.45, 2.75) is 26.3 Å². The van der Waals surface area contributed by atoms with Gasteiger partial charge >= 0.3 is 11.9 Å². The Morgan fingerprint density at radius 1 is 1.03 bits per heavy atom. The monoisotopic (exact) mass is 462 g/mol. The van der Waals surface area contributed by atoms with Crippen LogP contribution in [0.2, 0.25) is 0 Å². The molecule has 176 valence electrons. The van der Waals surface area contributed by atoms with Crippen LogP contribution >= 0.6 is 0 Å². The summed E-state index contributed by atoms with van der Waals surface area (Å²) in [5.41, 5.74) is 2.56.